The molecule has 0 aliphatic rings. The van der Waals surface area contributed by atoms with Crippen LogP contribution in [-0.4, -0.2) is 19.1 Å². The van der Waals surface area contributed by atoms with E-state index in [-0.39, 0.29) is 5.97 Å². The van der Waals surface area contributed by atoms with E-state index in [0.717, 1.165) is 43.5 Å². The Morgan fingerprint density at radius 3 is 2.60 bits per heavy atom. The zero-order valence-corrected chi connectivity index (χ0v) is 11.7. The monoisotopic (exact) mass is 271 g/mol. The standard InChI is InChI=1S/C17H21NO2/c1-3-15-9-11-16(12-10-15)18-13-7-5-6-8-14-20-17(19)4-2/h1,4,9-12,18H,2,5-8,13-14H2. The van der Waals surface area contributed by atoms with Crippen LogP contribution in [-0.2, 0) is 9.53 Å². The number of carbonyl (C=O) groups is 1. The van der Waals surface area contributed by atoms with E-state index in [9.17, 15) is 4.79 Å². The summed E-state index contributed by atoms with van der Waals surface area (Å²) in [5, 5.41) is 3.35. The molecule has 0 aliphatic heterocycles. The van der Waals surface area contributed by atoms with Crippen molar-refractivity contribution in [1.82, 2.24) is 0 Å². The molecule has 1 N–H and O–H groups in total. The van der Waals surface area contributed by atoms with Gasteiger partial charge in [-0.15, -0.1) is 6.42 Å². The van der Waals surface area contributed by atoms with Crippen LogP contribution in [0.1, 0.15) is 31.2 Å². The maximum Gasteiger partial charge on any atom is 0.330 e. The first-order chi connectivity index (χ1) is 9.76. The molecule has 0 aliphatic carbocycles. The second kappa shape index (κ2) is 9.69. The van der Waals surface area contributed by atoms with Gasteiger partial charge < -0.3 is 10.1 Å². The Morgan fingerprint density at radius 2 is 1.95 bits per heavy atom. The zero-order chi connectivity index (χ0) is 14.6. The summed E-state index contributed by atoms with van der Waals surface area (Å²) in [5.41, 5.74) is 1.98. The summed E-state index contributed by atoms with van der Waals surface area (Å²) in [6, 6.07) is 7.83. The zero-order valence-electron chi connectivity index (χ0n) is 11.7. The summed E-state index contributed by atoms with van der Waals surface area (Å²) in [6.45, 7) is 4.76. The minimum Gasteiger partial charge on any atom is -0.463 e. The lowest BCUT2D eigenvalue weighted by molar-refractivity contribution is -0.137. The van der Waals surface area contributed by atoms with Crippen LogP contribution in [0.2, 0.25) is 0 Å². The Balaban J connectivity index is 2.00. The predicted octanol–water partition coefficient (Wildman–Crippen LogP) is 3.37. The summed E-state index contributed by atoms with van der Waals surface area (Å²) in [5.74, 6) is 2.25. The number of terminal acetylenes is 1. The lowest BCUT2D eigenvalue weighted by atomic mass is 10.2. The van der Waals surface area contributed by atoms with Gasteiger partial charge in [-0.25, -0.2) is 4.79 Å². The lowest BCUT2D eigenvalue weighted by Gasteiger charge is -2.06. The number of anilines is 1. The van der Waals surface area contributed by atoms with Crippen LogP contribution in [0.4, 0.5) is 5.69 Å². The van der Waals surface area contributed by atoms with Crippen LogP contribution in [0.25, 0.3) is 0 Å². The van der Waals surface area contributed by atoms with Crippen molar-refractivity contribution in [3.63, 3.8) is 0 Å². The highest BCUT2D eigenvalue weighted by atomic mass is 16.5. The van der Waals surface area contributed by atoms with Gasteiger partial charge in [-0.1, -0.05) is 18.9 Å². The first-order valence-corrected chi connectivity index (χ1v) is 6.86. The van der Waals surface area contributed by atoms with E-state index in [2.05, 4.69) is 17.8 Å². The summed E-state index contributed by atoms with van der Waals surface area (Å²) in [4.78, 5) is 10.8. The van der Waals surface area contributed by atoms with Crippen LogP contribution in [0, 0.1) is 12.3 Å². The highest BCUT2D eigenvalue weighted by Crippen LogP contribution is 2.09. The lowest BCUT2D eigenvalue weighted by Crippen LogP contribution is -2.03. The van der Waals surface area contributed by atoms with E-state index in [1.54, 1.807) is 0 Å². The molecule has 0 saturated heterocycles. The molecule has 0 unspecified atom stereocenters. The van der Waals surface area contributed by atoms with Crippen molar-refractivity contribution in [3.8, 4) is 12.3 Å². The van der Waals surface area contributed by atoms with Gasteiger partial charge in [0.1, 0.15) is 0 Å². The normalized spacial score (nSPS) is 9.55. The van der Waals surface area contributed by atoms with Gasteiger partial charge in [0.25, 0.3) is 0 Å². The third-order valence-electron chi connectivity index (χ3n) is 2.86. The van der Waals surface area contributed by atoms with Crippen molar-refractivity contribution >= 4 is 11.7 Å². The largest absolute Gasteiger partial charge is 0.463 e. The summed E-state index contributed by atoms with van der Waals surface area (Å²) >= 11 is 0. The van der Waals surface area contributed by atoms with Gasteiger partial charge >= 0.3 is 5.97 Å². The second-order valence-electron chi connectivity index (χ2n) is 4.43. The van der Waals surface area contributed by atoms with E-state index in [0.29, 0.717) is 6.61 Å². The van der Waals surface area contributed by atoms with Crippen LogP contribution < -0.4 is 5.32 Å². The maximum absolute atomic E-state index is 10.8. The molecule has 106 valence electrons. The van der Waals surface area contributed by atoms with Gasteiger partial charge in [0.15, 0.2) is 0 Å². The van der Waals surface area contributed by atoms with Crippen molar-refractivity contribution in [2.24, 2.45) is 0 Å². The Hall–Kier alpha value is -2.21. The summed E-state index contributed by atoms with van der Waals surface area (Å²) < 4.78 is 4.90. The molecule has 1 aromatic rings. The first-order valence-electron chi connectivity index (χ1n) is 6.86. The third kappa shape index (κ3) is 6.65. The van der Waals surface area contributed by atoms with Crippen molar-refractivity contribution in [1.29, 1.82) is 0 Å². The van der Waals surface area contributed by atoms with E-state index < -0.39 is 0 Å². The van der Waals surface area contributed by atoms with Crippen molar-refractivity contribution < 1.29 is 9.53 Å². The molecular weight excluding hydrogens is 250 g/mol. The number of nitrogens with one attached hydrogen (secondary N) is 1. The Labute approximate surface area is 121 Å². The molecule has 0 aromatic heterocycles. The van der Waals surface area contributed by atoms with Gasteiger partial charge in [0.05, 0.1) is 6.61 Å². The number of carbonyl (C=O) groups excluding carboxylic acids is 1. The van der Waals surface area contributed by atoms with E-state index in [1.807, 2.05) is 24.3 Å². The molecular formula is C17H21NO2. The third-order valence-corrected chi connectivity index (χ3v) is 2.86. The number of benzene rings is 1. The molecule has 1 rings (SSSR count). The van der Waals surface area contributed by atoms with Crippen LogP contribution in [0.3, 0.4) is 0 Å². The van der Waals surface area contributed by atoms with Crippen LogP contribution in [0.5, 0.6) is 0 Å². The van der Waals surface area contributed by atoms with Crippen molar-refractivity contribution in [3.05, 3.63) is 42.5 Å². The molecule has 3 nitrogen and oxygen atoms in total. The first kappa shape index (κ1) is 15.8. The Kier molecular flexibility index (Phi) is 7.67. The molecule has 1 aromatic carbocycles. The molecule has 0 atom stereocenters. The number of hydrogen-bond donors (Lipinski definition) is 1. The molecule has 0 amide bonds. The van der Waals surface area contributed by atoms with Gasteiger partial charge in [-0.05, 0) is 43.5 Å². The number of rotatable bonds is 9. The smallest absolute Gasteiger partial charge is 0.330 e. The van der Waals surface area contributed by atoms with Gasteiger partial charge in [0, 0.05) is 23.9 Å². The van der Waals surface area contributed by atoms with Crippen molar-refractivity contribution in [2.75, 3.05) is 18.5 Å². The van der Waals surface area contributed by atoms with Gasteiger partial charge in [-0.2, -0.15) is 0 Å². The minimum absolute atomic E-state index is 0.345. The number of esters is 1. The Morgan fingerprint density at radius 1 is 1.25 bits per heavy atom. The van der Waals surface area contributed by atoms with E-state index >= 15 is 0 Å². The van der Waals surface area contributed by atoms with Gasteiger partial charge in [0.2, 0.25) is 0 Å². The van der Waals surface area contributed by atoms with Crippen LogP contribution >= 0.6 is 0 Å². The fourth-order valence-electron chi connectivity index (χ4n) is 1.73. The van der Waals surface area contributed by atoms with E-state index in [4.69, 9.17) is 11.2 Å². The average Bonchev–Trinajstić information content (AvgIpc) is 2.50. The average molecular weight is 271 g/mol. The minimum atomic E-state index is -0.345. The summed E-state index contributed by atoms with van der Waals surface area (Å²) in [6.07, 6.45) is 10.6. The predicted molar refractivity (Wildman–Crippen MR) is 82.5 cm³/mol. The topological polar surface area (TPSA) is 38.3 Å². The molecule has 20 heavy (non-hydrogen) atoms. The molecule has 0 saturated carbocycles. The van der Waals surface area contributed by atoms with Crippen LogP contribution in [0.15, 0.2) is 36.9 Å². The fraction of sp³-hybridized carbons (Fsp3) is 0.353. The molecule has 0 heterocycles. The summed E-state index contributed by atoms with van der Waals surface area (Å²) in [7, 11) is 0. The highest BCUT2D eigenvalue weighted by molar-refractivity contribution is 5.81. The number of hydrogen-bond acceptors (Lipinski definition) is 3. The maximum atomic E-state index is 10.8. The Bertz CT molecular complexity index is 457. The molecule has 0 spiro atoms. The molecule has 0 fully saturated rings. The van der Waals surface area contributed by atoms with Crippen molar-refractivity contribution in [2.45, 2.75) is 25.7 Å². The molecule has 3 heteroatoms. The SMILES string of the molecule is C#Cc1ccc(NCCCCCCOC(=O)C=C)cc1. The molecule has 0 radical (unpaired) electrons. The van der Waals surface area contributed by atoms with Gasteiger partial charge in [-0.3, -0.25) is 0 Å². The second-order valence-corrected chi connectivity index (χ2v) is 4.43. The number of ether oxygens (including phenoxy) is 1. The quantitative estimate of drug-likeness (QED) is 0.324. The van der Waals surface area contributed by atoms with E-state index in [1.165, 1.54) is 6.08 Å². The molecule has 0 bridgehead atoms. The highest BCUT2D eigenvalue weighted by Gasteiger charge is 1.96. The fourth-order valence-corrected chi connectivity index (χ4v) is 1.73. The number of unbranched alkanes of at least 4 members (excludes halogenated alkanes) is 3.